The van der Waals surface area contributed by atoms with Gasteiger partial charge in [0.15, 0.2) is 5.75 Å². The van der Waals surface area contributed by atoms with Crippen LogP contribution in [0.3, 0.4) is 0 Å². The first-order chi connectivity index (χ1) is 18.0. The van der Waals surface area contributed by atoms with Gasteiger partial charge in [0, 0.05) is 5.39 Å². The van der Waals surface area contributed by atoms with Crippen LogP contribution >= 0.6 is 23.2 Å². The zero-order valence-electron chi connectivity index (χ0n) is 20.1. The van der Waals surface area contributed by atoms with E-state index in [4.69, 9.17) is 27.9 Å². The quantitative estimate of drug-likeness (QED) is 0.155. The van der Waals surface area contributed by atoms with Crippen LogP contribution in [0, 0.1) is 6.92 Å². The number of azo groups is 1. The molecule has 0 atom stereocenters. The molecule has 4 aromatic carbocycles. The SMILES string of the molecule is CCOc1cccc(Cl)c1NC(=O)c1cc2ccccc2c(N=Nc2ccc(C)c(Cl)c2S(=O)(=O)O)c1O. The molecule has 0 unspecified atom stereocenters. The van der Waals surface area contributed by atoms with Gasteiger partial charge in [-0.2, -0.15) is 8.42 Å². The number of nitrogens with one attached hydrogen (secondary N) is 1. The lowest BCUT2D eigenvalue weighted by molar-refractivity contribution is 0.102. The van der Waals surface area contributed by atoms with Crippen LogP contribution in [0.2, 0.25) is 10.0 Å². The van der Waals surface area contributed by atoms with E-state index in [9.17, 15) is 22.9 Å². The molecule has 38 heavy (non-hydrogen) atoms. The lowest BCUT2D eigenvalue weighted by atomic mass is 10.0. The van der Waals surface area contributed by atoms with E-state index in [0.717, 1.165) is 0 Å². The lowest BCUT2D eigenvalue weighted by Gasteiger charge is -2.15. The van der Waals surface area contributed by atoms with Gasteiger partial charge in [0.05, 0.1) is 22.2 Å². The Kier molecular flexibility index (Phi) is 7.89. The van der Waals surface area contributed by atoms with Gasteiger partial charge in [0.1, 0.15) is 27.7 Å². The van der Waals surface area contributed by atoms with E-state index >= 15 is 0 Å². The van der Waals surface area contributed by atoms with Gasteiger partial charge in [-0.05, 0) is 49.1 Å². The third-order valence-electron chi connectivity index (χ3n) is 5.54. The van der Waals surface area contributed by atoms with E-state index in [1.54, 1.807) is 56.3 Å². The standard InChI is InChI=1S/C26H21Cl2N3O6S/c1-3-37-20-10-6-9-18(27)23(20)29-26(33)17-13-15-7-4-5-8-16(15)22(24(17)32)31-30-19-12-11-14(2)21(28)25(19)38(34,35)36/h4-13,32H,3H2,1-2H3,(H,29,33)(H,34,35,36). The Morgan fingerprint density at radius 3 is 2.50 bits per heavy atom. The number of para-hydroxylation sites is 1. The number of carbonyl (C=O) groups is 1. The van der Waals surface area contributed by atoms with Crippen molar-refractivity contribution in [1.82, 2.24) is 0 Å². The number of nitrogens with zero attached hydrogens (tertiary/aromatic N) is 2. The molecule has 0 bridgehead atoms. The third-order valence-corrected chi connectivity index (χ3v) is 7.38. The predicted molar refractivity (Wildman–Crippen MR) is 146 cm³/mol. The van der Waals surface area contributed by atoms with Gasteiger partial charge in [-0.25, -0.2) is 0 Å². The van der Waals surface area contributed by atoms with Crippen LogP contribution in [0.1, 0.15) is 22.8 Å². The van der Waals surface area contributed by atoms with Crippen LogP contribution in [0.4, 0.5) is 17.1 Å². The summed E-state index contributed by atoms with van der Waals surface area (Å²) in [7, 11) is -4.75. The van der Waals surface area contributed by atoms with Crippen LogP contribution < -0.4 is 10.1 Å². The lowest BCUT2D eigenvalue weighted by Crippen LogP contribution is -2.14. The first-order valence-corrected chi connectivity index (χ1v) is 13.4. The van der Waals surface area contributed by atoms with Gasteiger partial charge in [0.25, 0.3) is 16.0 Å². The maximum absolute atomic E-state index is 13.3. The minimum absolute atomic E-state index is 0.101. The molecule has 0 heterocycles. The number of rotatable bonds is 7. The summed E-state index contributed by atoms with van der Waals surface area (Å²) in [6, 6.07) is 16.0. The Balaban J connectivity index is 1.85. The molecule has 0 aromatic heterocycles. The summed E-state index contributed by atoms with van der Waals surface area (Å²) in [6.07, 6.45) is 0. The van der Waals surface area contributed by atoms with Crippen molar-refractivity contribution in [3.63, 3.8) is 0 Å². The molecule has 4 rings (SSSR count). The number of hydrogen-bond acceptors (Lipinski definition) is 7. The monoisotopic (exact) mass is 573 g/mol. The van der Waals surface area contributed by atoms with E-state index in [1.807, 2.05) is 0 Å². The Hall–Kier alpha value is -3.70. The highest BCUT2D eigenvalue weighted by Crippen LogP contribution is 2.42. The fourth-order valence-corrected chi connectivity index (χ4v) is 5.17. The van der Waals surface area contributed by atoms with E-state index in [0.29, 0.717) is 28.7 Å². The highest BCUT2D eigenvalue weighted by Gasteiger charge is 2.23. The Bertz CT molecular complexity index is 1710. The van der Waals surface area contributed by atoms with Crippen molar-refractivity contribution in [2.45, 2.75) is 18.7 Å². The van der Waals surface area contributed by atoms with E-state index in [1.165, 1.54) is 18.2 Å². The molecule has 3 N–H and O–H groups in total. The number of aryl methyl sites for hydroxylation is 1. The minimum atomic E-state index is -4.75. The molecule has 196 valence electrons. The van der Waals surface area contributed by atoms with Crippen LogP contribution in [0.5, 0.6) is 11.5 Å². The molecule has 0 radical (unpaired) electrons. The van der Waals surface area contributed by atoms with Gasteiger partial charge in [-0.3, -0.25) is 9.35 Å². The highest BCUT2D eigenvalue weighted by molar-refractivity contribution is 7.86. The number of ether oxygens (including phenoxy) is 1. The largest absolute Gasteiger partial charge is 0.505 e. The topological polar surface area (TPSA) is 138 Å². The number of carbonyl (C=O) groups excluding carboxylic acids is 1. The Labute approximate surface area is 228 Å². The molecule has 0 aliphatic carbocycles. The average Bonchev–Trinajstić information content (AvgIpc) is 2.86. The van der Waals surface area contributed by atoms with Crippen molar-refractivity contribution in [2.24, 2.45) is 10.2 Å². The molecule has 12 heteroatoms. The van der Waals surface area contributed by atoms with Crippen molar-refractivity contribution in [3.8, 4) is 11.5 Å². The number of phenolic OH excluding ortho intramolecular Hbond substituents is 1. The van der Waals surface area contributed by atoms with Crippen molar-refractivity contribution in [2.75, 3.05) is 11.9 Å². The summed E-state index contributed by atoms with van der Waals surface area (Å²) >= 11 is 12.4. The summed E-state index contributed by atoms with van der Waals surface area (Å²) in [5.74, 6) is -0.861. The van der Waals surface area contributed by atoms with Crippen LogP contribution in [0.15, 0.2) is 75.8 Å². The fraction of sp³-hybridized carbons (Fsp3) is 0.115. The van der Waals surface area contributed by atoms with Crippen molar-refractivity contribution < 1.29 is 27.6 Å². The van der Waals surface area contributed by atoms with E-state index < -0.39 is 26.7 Å². The summed E-state index contributed by atoms with van der Waals surface area (Å²) in [6.45, 7) is 3.69. The molecule has 0 fully saturated rings. The Morgan fingerprint density at radius 1 is 1.05 bits per heavy atom. The first-order valence-electron chi connectivity index (χ1n) is 11.2. The van der Waals surface area contributed by atoms with Gasteiger partial charge < -0.3 is 15.2 Å². The number of amides is 1. The molecule has 0 aliphatic rings. The van der Waals surface area contributed by atoms with Gasteiger partial charge in [-0.15, -0.1) is 10.2 Å². The summed E-state index contributed by atoms with van der Waals surface area (Å²) in [4.78, 5) is 12.7. The second-order valence-electron chi connectivity index (χ2n) is 8.06. The smallest absolute Gasteiger partial charge is 0.298 e. The van der Waals surface area contributed by atoms with Crippen molar-refractivity contribution in [1.29, 1.82) is 0 Å². The summed E-state index contributed by atoms with van der Waals surface area (Å²) in [5, 5.41) is 22.8. The summed E-state index contributed by atoms with van der Waals surface area (Å²) < 4.78 is 39.2. The molecule has 0 saturated carbocycles. The minimum Gasteiger partial charge on any atom is -0.505 e. The number of hydrogen-bond donors (Lipinski definition) is 3. The van der Waals surface area contributed by atoms with Crippen LogP contribution in [-0.4, -0.2) is 30.6 Å². The highest BCUT2D eigenvalue weighted by atomic mass is 35.5. The van der Waals surface area contributed by atoms with Crippen LogP contribution in [0.25, 0.3) is 10.8 Å². The van der Waals surface area contributed by atoms with Gasteiger partial charge in [0.2, 0.25) is 0 Å². The van der Waals surface area contributed by atoms with Crippen molar-refractivity contribution in [3.05, 3.63) is 81.8 Å². The molecule has 4 aromatic rings. The van der Waals surface area contributed by atoms with E-state index in [-0.39, 0.29) is 32.7 Å². The molecule has 0 aliphatic heterocycles. The zero-order valence-corrected chi connectivity index (χ0v) is 22.4. The number of anilines is 1. The van der Waals surface area contributed by atoms with Gasteiger partial charge >= 0.3 is 0 Å². The number of benzene rings is 4. The molecule has 0 saturated heterocycles. The predicted octanol–water partition coefficient (Wildman–Crippen LogP) is 7.47. The molecule has 0 spiro atoms. The number of aromatic hydroxyl groups is 1. The summed E-state index contributed by atoms with van der Waals surface area (Å²) in [5.41, 5.74) is 0.131. The number of halogens is 2. The van der Waals surface area contributed by atoms with Gasteiger partial charge in [-0.1, -0.05) is 59.6 Å². The zero-order chi connectivity index (χ0) is 27.6. The maximum atomic E-state index is 13.3. The first kappa shape index (κ1) is 27.3. The second kappa shape index (κ2) is 11.0. The van der Waals surface area contributed by atoms with E-state index in [2.05, 4.69) is 15.5 Å². The average molecular weight is 574 g/mol. The van der Waals surface area contributed by atoms with Crippen molar-refractivity contribution >= 4 is 67.1 Å². The number of fused-ring (bicyclic) bond motifs is 1. The third kappa shape index (κ3) is 5.44. The number of phenols is 1. The normalized spacial score (nSPS) is 11.7. The second-order valence-corrected chi connectivity index (χ2v) is 10.2. The molecule has 1 amide bonds. The molecular weight excluding hydrogens is 553 g/mol. The van der Waals surface area contributed by atoms with Crippen LogP contribution in [-0.2, 0) is 10.1 Å². The molecular formula is C26H21Cl2N3O6S. The Morgan fingerprint density at radius 2 is 1.79 bits per heavy atom. The fourth-order valence-electron chi connectivity index (χ4n) is 3.75. The maximum Gasteiger partial charge on any atom is 0.298 e. The molecule has 9 nitrogen and oxygen atoms in total.